The molecule has 3 aromatic heterocycles. The molecule has 0 bridgehead atoms. The van der Waals surface area contributed by atoms with Crippen LogP contribution in [-0.4, -0.2) is 55.6 Å². The number of phenolic OH excluding ortho intramolecular Hbond substituents is 1. The second kappa shape index (κ2) is 13.1. The summed E-state index contributed by atoms with van der Waals surface area (Å²) in [5.41, 5.74) is 0.0693. The van der Waals surface area contributed by atoms with Crippen LogP contribution in [0.4, 0.5) is 24.8 Å². The second-order valence-corrected chi connectivity index (χ2v) is 17.4. The fraction of sp³-hybridized carbons (Fsp3) is 0.317. The number of aromatic hydroxyl groups is 1. The van der Waals surface area contributed by atoms with Gasteiger partial charge in [-0.25, -0.2) is 9.88 Å². The molecule has 5 heterocycles. The van der Waals surface area contributed by atoms with Crippen LogP contribution in [0.2, 0.25) is 10.0 Å². The summed E-state index contributed by atoms with van der Waals surface area (Å²) in [6, 6.07) is 15.5. The Morgan fingerprint density at radius 2 is 1.74 bits per heavy atom. The van der Waals surface area contributed by atoms with Crippen molar-refractivity contribution in [1.82, 2.24) is 19.8 Å². The molecule has 4 aliphatic rings. The van der Waals surface area contributed by atoms with E-state index in [9.17, 15) is 32.7 Å². The van der Waals surface area contributed by atoms with Gasteiger partial charge in [-0.3, -0.25) is 28.9 Å². The van der Waals surface area contributed by atoms with Gasteiger partial charge in [0, 0.05) is 35.8 Å². The third kappa shape index (κ3) is 5.45. The largest absolute Gasteiger partial charge is 0.508 e. The van der Waals surface area contributed by atoms with Gasteiger partial charge in [0.1, 0.15) is 23.0 Å². The maximum Gasteiger partial charge on any atom is 0.433 e. The third-order valence-electron chi connectivity index (χ3n) is 12.4. The summed E-state index contributed by atoms with van der Waals surface area (Å²) in [5.74, 6) is -7.00. The lowest BCUT2D eigenvalue weighted by atomic mass is 9.51. The Labute approximate surface area is 343 Å². The fourth-order valence-corrected chi connectivity index (χ4v) is 11.3. The number of hydrogen-bond donors (Lipinski definition) is 1. The number of phenols is 1. The number of carbonyl (C=O) groups is 4. The molecular weight excluding hydrogens is 816 g/mol. The van der Waals surface area contributed by atoms with Crippen molar-refractivity contribution >= 4 is 79.9 Å². The average molecular weight is 850 g/mol. The Morgan fingerprint density at radius 3 is 2.47 bits per heavy atom. The van der Waals surface area contributed by atoms with Crippen LogP contribution in [0.3, 0.4) is 0 Å². The molecule has 1 saturated carbocycles. The molecule has 6 atom stereocenters. The average Bonchev–Trinajstić information content (AvgIpc) is 3.84. The number of imide groups is 2. The number of pyridine rings is 1. The highest BCUT2D eigenvalue weighted by atomic mass is 35.5. The van der Waals surface area contributed by atoms with Crippen LogP contribution in [0, 0.1) is 36.0 Å². The molecule has 0 spiro atoms. The van der Waals surface area contributed by atoms with Gasteiger partial charge in [0.2, 0.25) is 11.8 Å². The SMILES string of the molecule is Cc1c(-c2cc(N3C(=O)[C@@H]4C[C@@H]5C(=CC[C@@H]6C(=O)N(N(C)c7nc(C(F)(F)F)ccc7Cl)C(=O)[C@@H]65)[C@H](c5cccc(O)c5)[C@]4(C)C3=O)n(C)n2)sc2ccc(Cl)cc12. The Kier molecular flexibility index (Phi) is 8.67. The first-order valence-electron chi connectivity index (χ1n) is 18.4. The lowest BCUT2D eigenvalue weighted by Gasteiger charge is -2.49. The van der Waals surface area contributed by atoms with Crippen molar-refractivity contribution in [1.29, 1.82) is 0 Å². The summed E-state index contributed by atoms with van der Waals surface area (Å²) >= 11 is 14.1. The second-order valence-electron chi connectivity index (χ2n) is 15.5. The van der Waals surface area contributed by atoms with Gasteiger partial charge in [-0.15, -0.1) is 11.3 Å². The van der Waals surface area contributed by atoms with Crippen molar-refractivity contribution in [2.45, 2.75) is 38.8 Å². The third-order valence-corrected chi connectivity index (χ3v) is 14.2. The Balaban J connectivity index is 1.12. The van der Waals surface area contributed by atoms with Crippen molar-refractivity contribution in [2.24, 2.45) is 36.1 Å². The van der Waals surface area contributed by atoms with E-state index < -0.39 is 76.3 Å². The summed E-state index contributed by atoms with van der Waals surface area (Å²) in [7, 11) is 2.90. The molecule has 17 heteroatoms. The number of anilines is 2. The van der Waals surface area contributed by atoms with E-state index in [0.717, 1.165) is 41.5 Å². The summed E-state index contributed by atoms with van der Waals surface area (Å²) in [6.07, 6.45) is -2.86. The number of carbonyl (C=O) groups excluding carboxylic acids is 4. The monoisotopic (exact) mass is 848 g/mol. The van der Waals surface area contributed by atoms with Gasteiger partial charge in [0.25, 0.3) is 11.8 Å². The maximum atomic E-state index is 15.1. The fourth-order valence-electron chi connectivity index (χ4n) is 9.72. The number of rotatable bonds is 5. The predicted molar refractivity (Wildman–Crippen MR) is 211 cm³/mol. The number of fused-ring (bicyclic) bond motifs is 5. The van der Waals surface area contributed by atoms with Crippen molar-refractivity contribution < 1.29 is 37.5 Å². The number of thiophene rings is 1. The number of allylic oxidation sites excluding steroid dienone is 2. The van der Waals surface area contributed by atoms with E-state index >= 15 is 4.79 Å². The van der Waals surface area contributed by atoms with E-state index in [0.29, 0.717) is 27.9 Å². The Hall–Kier alpha value is -5.25. The first-order valence-corrected chi connectivity index (χ1v) is 19.9. The van der Waals surface area contributed by atoms with Crippen LogP contribution >= 0.6 is 34.5 Å². The molecule has 0 radical (unpaired) electrons. The van der Waals surface area contributed by atoms with Crippen molar-refractivity contribution in [3.63, 3.8) is 0 Å². The van der Waals surface area contributed by atoms with Gasteiger partial charge < -0.3 is 5.11 Å². The number of aromatic nitrogens is 3. The molecule has 11 nitrogen and oxygen atoms in total. The minimum absolute atomic E-state index is 0.0277. The van der Waals surface area contributed by atoms with Gasteiger partial charge in [0.05, 0.1) is 33.1 Å². The molecule has 5 aromatic rings. The molecular formula is C41H33Cl2F3N6O5S. The number of halogens is 5. The highest BCUT2D eigenvalue weighted by Crippen LogP contribution is 2.64. The lowest BCUT2D eigenvalue weighted by Crippen LogP contribution is -2.49. The van der Waals surface area contributed by atoms with Gasteiger partial charge in [0.15, 0.2) is 5.82 Å². The molecule has 298 valence electrons. The van der Waals surface area contributed by atoms with Crippen LogP contribution in [0.15, 0.2) is 72.3 Å². The quantitative estimate of drug-likeness (QED) is 0.138. The van der Waals surface area contributed by atoms with E-state index in [1.54, 1.807) is 32.2 Å². The van der Waals surface area contributed by atoms with Crippen LogP contribution in [0.5, 0.6) is 5.75 Å². The first-order chi connectivity index (χ1) is 27.4. The van der Waals surface area contributed by atoms with Crippen LogP contribution < -0.4 is 9.91 Å². The van der Waals surface area contributed by atoms with E-state index in [1.165, 1.54) is 35.2 Å². The molecule has 4 amide bonds. The number of aryl methyl sites for hydroxylation is 2. The van der Waals surface area contributed by atoms with E-state index in [4.69, 9.17) is 28.3 Å². The molecule has 2 saturated heterocycles. The number of nitrogens with zero attached hydrogens (tertiary/aromatic N) is 6. The maximum absolute atomic E-state index is 15.1. The molecule has 3 fully saturated rings. The highest BCUT2D eigenvalue weighted by Gasteiger charge is 2.68. The van der Waals surface area contributed by atoms with Gasteiger partial charge in [-0.05, 0) is 91.6 Å². The first kappa shape index (κ1) is 38.3. The van der Waals surface area contributed by atoms with Crippen molar-refractivity contribution in [2.75, 3.05) is 17.0 Å². The zero-order valence-corrected chi connectivity index (χ0v) is 33.5. The van der Waals surface area contributed by atoms with Gasteiger partial charge in [-0.1, -0.05) is 47.0 Å². The molecule has 2 aliphatic carbocycles. The van der Waals surface area contributed by atoms with Gasteiger partial charge >= 0.3 is 6.18 Å². The summed E-state index contributed by atoms with van der Waals surface area (Å²) in [4.78, 5) is 64.2. The van der Waals surface area contributed by atoms with E-state index in [-0.39, 0.29) is 29.4 Å². The molecule has 9 rings (SSSR count). The zero-order valence-electron chi connectivity index (χ0n) is 31.2. The molecule has 58 heavy (non-hydrogen) atoms. The topological polar surface area (TPSA) is 129 Å². The van der Waals surface area contributed by atoms with Gasteiger partial charge in [-0.2, -0.15) is 23.3 Å². The number of hydrogen-bond acceptors (Lipinski definition) is 9. The van der Waals surface area contributed by atoms with Crippen molar-refractivity contribution in [3.8, 4) is 16.3 Å². The minimum Gasteiger partial charge on any atom is -0.508 e. The number of amides is 4. The Bertz CT molecular complexity index is 2680. The predicted octanol–water partition coefficient (Wildman–Crippen LogP) is 8.32. The molecule has 2 aliphatic heterocycles. The van der Waals surface area contributed by atoms with Crippen LogP contribution in [0.1, 0.15) is 42.5 Å². The van der Waals surface area contributed by atoms with Crippen LogP contribution in [0.25, 0.3) is 20.7 Å². The number of benzene rings is 2. The molecule has 2 aromatic carbocycles. The molecule has 1 N–H and O–H groups in total. The normalized spacial score (nSPS) is 25.7. The summed E-state index contributed by atoms with van der Waals surface area (Å²) in [6.45, 7) is 3.69. The zero-order chi connectivity index (χ0) is 41.3. The van der Waals surface area contributed by atoms with Crippen molar-refractivity contribution in [3.05, 3.63) is 99.2 Å². The number of hydrazine groups is 1. The standard InChI is InChI=1S/C41H33Cl2F3N6O5S/c1-18-24-15-20(42)8-12-29(24)58-34(18)28-17-31(49(3)48-28)51-37(55)26-16-25-22(33(40(26,2)39(51)57)19-6-5-7-21(53)14-19)9-10-23-32(25)38(56)52(36(23)54)50(4)35-27(43)11-13-30(47-35)41(44,45)46/h5-9,11-15,17,23,25-26,32-33,53H,10,16H2,1-4H3/t23-,25+,26-,32-,33-,40+/m0/s1. The van der Waals surface area contributed by atoms with E-state index in [1.807, 2.05) is 31.2 Å². The lowest BCUT2D eigenvalue weighted by molar-refractivity contribution is -0.141. The smallest absolute Gasteiger partial charge is 0.433 e. The summed E-state index contributed by atoms with van der Waals surface area (Å²) in [5, 5.41) is 18.5. The highest BCUT2D eigenvalue weighted by molar-refractivity contribution is 7.22. The molecule has 0 unspecified atom stereocenters. The number of alkyl halides is 3. The summed E-state index contributed by atoms with van der Waals surface area (Å²) < 4.78 is 43.5. The minimum atomic E-state index is -4.82. The van der Waals surface area contributed by atoms with Crippen LogP contribution in [-0.2, 0) is 32.4 Å². The van der Waals surface area contributed by atoms with E-state index in [2.05, 4.69) is 4.98 Å². The Morgan fingerprint density at radius 1 is 0.983 bits per heavy atom.